The van der Waals surface area contributed by atoms with Crippen molar-refractivity contribution in [3.8, 4) is 22.6 Å². The van der Waals surface area contributed by atoms with Crippen LogP contribution in [-0.4, -0.2) is 24.6 Å². The second-order valence-corrected chi connectivity index (χ2v) is 6.44. The van der Waals surface area contributed by atoms with E-state index in [1.54, 1.807) is 74.1 Å². The summed E-state index contributed by atoms with van der Waals surface area (Å²) in [4.78, 5) is 28.8. The summed E-state index contributed by atoms with van der Waals surface area (Å²) in [6, 6.07) is 15.5. The van der Waals surface area contributed by atoms with Gasteiger partial charge in [-0.15, -0.1) is 0 Å². The van der Waals surface area contributed by atoms with Gasteiger partial charge in [0.2, 0.25) is 0 Å². The topological polar surface area (TPSA) is 90.7 Å². The minimum atomic E-state index is -0.320. The second kappa shape index (κ2) is 8.48. The van der Waals surface area contributed by atoms with Gasteiger partial charge in [-0.2, -0.15) is 0 Å². The van der Waals surface area contributed by atoms with E-state index in [0.717, 1.165) is 5.56 Å². The summed E-state index contributed by atoms with van der Waals surface area (Å²) in [6.45, 7) is -0.186. The van der Waals surface area contributed by atoms with Crippen LogP contribution in [0.5, 0.6) is 11.5 Å². The van der Waals surface area contributed by atoms with Gasteiger partial charge in [0.25, 0.3) is 5.91 Å². The first-order valence-corrected chi connectivity index (χ1v) is 9.17. The lowest BCUT2D eigenvalue weighted by molar-refractivity contribution is -0.118. The Hall–Kier alpha value is -4.13. The third-order valence-electron chi connectivity index (χ3n) is 4.46. The molecule has 0 aliphatic carbocycles. The molecule has 0 saturated carbocycles. The first-order chi connectivity index (χ1) is 14.6. The van der Waals surface area contributed by atoms with Gasteiger partial charge in [0.1, 0.15) is 23.3 Å². The highest BCUT2D eigenvalue weighted by Gasteiger charge is 2.11. The van der Waals surface area contributed by atoms with E-state index in [1.807, 2.05) is 0 Å². The number of rotatable bonds is 6. The van der Waals surface area contributed by atoms with Crippen LogP contribution < -0.4 is 20.2 Å². The number of carbonyl (C=O) groups is 1. The van der Waals surface area contributed by atoms with E-state index in [-0.39, 0.29) is 17.9 Å². The number of pyridine rings is 1. The van der Waals surface area contributed by atoms with Gasteiger partial charge in [-0.25, -0.2) is 0 Å². The third kappa shape index (κ3) is 4.15. The van der Waals surface area contributed by atoms with Crippen LogP contribution in [0.3, 0.4) is 0 Å². The number of nitrogens with zero attached hydrogens (tertiary/aromatic N) is 1. The number of carbonyl (C=O) groups excluding carboxylic acids is 1. The fourth-order valence-electron chi connectivity index (χ4n) is 2.95. The van der Waals surface area contributed by atoms with Crippen LogP contribution in [0.15, 0.2) is 82.5 Å². The molecule has 0 atom stereocenters. The van der Waals surface area contributed by atoms with Gasteiger partial charge < -0.3 is 19.2 Å². The minimum Gasteiger partial charge on any atom is -0.497 e. The maximum atomic E-state index is 12.9. The molecule has 1 N–H and O–H groups in total. The van der Waals surface area contributed by atoms with Crippen LogP contribution in [-0.2, 0) is 4.79 Å². The zero-order valence-electron chi connectivity index (χ0n) is 16.1. The maximum absolute atomic E-state index is 12.9. The second-order valence-electron chi connectivity index (χ2n) is 6.44. The molecule has 0 radical (unpaired) electrons. The van der Waals surface area contributed by atoms with Crippen molar-refractivity contribution in [1.82, 2.24) is 4.98 Å². The number of ether oxygens (including phenoxy) is 2. The molecule has 2 aromatic carbocycles. The van der Waals surface area contributed by atoms with Gasteiger partial charge >= 0.3 is 0 Å². The molecule has 4 rings (SSSR count). The number of methoxy groups -OCH3 is 1. The first kappa shape index (κ1) is 19.2. The number of hydrogen-bond acceptors (Lipinski definition) is 6. The number of hydrogen-bond donors (Lipinski definition) is 1. The van der Waals surface area contributed by atoms with Gasteiger partial charge in [-0.05, 0) is 42.0 Å². The van der Waals surface area contributed by atoms with E-state index in [2.05, 4.69) is 10.3 Å². The summed E-state index contributed by atoms with van der Waals surface area (Å²) in [5.74, 6) is 0.807. The van der Waals surface area contributed by atoms with E-state index in [0.29, 0.717) is 33.7 Å². The molecule has 0 aliphatic heterocycles. The number of benzene rings is 2. The molecule has 1 amide bonds. The van der Waals surface area contributed by atoms with Crippen molar-refractivity contribution in [2.75, 3.05) is 19.0 Å². The Morgan fingerprint density at radius 2 is 1.90 bits per heavy atom. The summed E-state index contributed by atoms with van der Waals surface area (Å²) in [7, 11) is 1.58. The van der Waals surface area contributed by atoms with E-state index < -0.39 is 0 Å². The van der Waals surface area contributed by atoms with E-state index >= 15 is 0 Å². The van der Waals surface area contributed by atoms with Gasteiger partial charge in [0.15, 0.2) is 12.0 Å². The Morgan fingerprint density at radius 1 is 1.10 bits per heavy atom. The van der Waals surface area contributed by atoms with Gasteiger partial charge in [-0.3, -0.25) is 14.6 Å². The number of anilines is 1. The molecule has 7 nitrogen and oxygen atoms in total. The van der Waals surface area contributed by atoms with Crippen molar-refractivity contribution in [2.45, 2.75) is 0 Å². The van der Waals surface area contributed by atoms with E-state index in [4.69, 9.17) is 13.9 Å². The minimum absolute atomic E-state index is 0.151. The molecule has 150 valence electrons. The highest BCUT2D eigenvalue weighted by atomic mass is 16.5. The van der Waals surface area contributed by atoms with Gasteiger partial charge in [0, 0.05) is 12.3 Å². The molecule has 4 aromatic rings. The van der Waals surface area contributed by atoms with Crippen LogP contribution in [0, 0.1) is 0 Å². The normalized spacial score (nSPS) is 10.6. The van der Waals surface area contributed by atoms with Crippen molar-refractivity contribution < 1.29 is 18.7 Å². The molecule has 7 heteroatoms. The maximum Gasteiger partial charge on any atom is 0.262 e. The SMILES string of the molecule is COc1ccc(-c2coc3cc(OCC(=O)Nc4cccnc4)ccc3c2=O)cc1. The standard InChI is InChI=1S/C23H18N2O5/c1-28-17-6-4-15(5-7-17)20-13-30-21-11-18(8-9-19(21)23(20)27)29-14-22(26)25-16-3-2-10-24-12-16/h2-13H,14H2,1H3,(H,25,26). The predicted octanol–water partition coefficient (Wildman–Crippen LogP) is 3.88. The molecular formula is C23H18N2O5. The Balaban J connectivity index is 1.50. The molecular weight excluding hydrogens is 384 g/mol. The van der Waals surface area contributed by atoms with Crippen LogP contribution in [0.2, 0.25) is 0 Å². The van der Waals surface area contributed by atoms with Crippen molar-refractivity contribution in [2.24, 2.45) is 0 Å². The summed E-state index contributed by atoms with van der Waals surface area (Å²) in [5, 5.41) is 3.11. The van der Waals surface area contributed by atoms with Crippen molar-refractivity contribution >= 4 is 22.6 Å². The average molecular weight is 402 g/mol. The largest absolute Gasteiger partial charge is 0.497 e. The highest BCUT2D eigenvalue weighted by molar-refractivity contribution is 5.91. The molecule has 0 spiro atoms. The molecule has 0 aliphatic rings. The molecule has 0 saturated heterocycles. The molecule has 30 heavy (non-hydrogen) atoms. The average Bonchev–Trinajstić information content (AvgIpc) is 2.79. The van der Waals surface area contributed by atoms with Crippen molar-refractivity contribution in [1.29, 1.82) is 0 Å². The molecule has 0 fully saturated rings. The zero-order valence-corrected chi connectivity index (χ0v) is 16.1. The molecule has 2 heterocycles. The number of aromatic nitrogens is 1. The molecule has 0 unspecified atom stereocenters. The van der Waals surface area contributed by atoms with Gasteiger partial charge in [-0.1, -0.05) is 12.1 Å². The summed E-state index contributed by atoms with van der Waals surface area (Å²) in [6.07, 6.45) is 4.59. The van der Waals surface area contributed by atoms with Crippen LogP contribution in [0.1, 0.15) is 0 Å². The number of fused-ring (bicyclic) bond motifs is 1. The Kier molecular flexibility index (Phi) is 5.43. The fourth-order valence-corrected chi connectivity index (χ4v) is 2.95. The zero-order chi connectivity index (χ0) is 20.9. The summed E-state index contributed by atoms with van der Waals surface area (Å²) in [5.41, 5.74) is 2.00. The van der Waals surface area contributed by atoms with Crippen molar-refractivity contribution in [3.63, 3.8) is 0 Å². The highest BCUT2D eigenvalue weighted by Crippen LogP contribution is 2.24. The summed E-state index contributed by atoms with van der Waals surface area (Å²) >= 11 is 0. The van der Waals surface area contributed by atoms with Crippen LogP contribution in [0.4, 0.5) is 5.69 Å². The van der Waals surface area contributed by atoms with E-state index in [1.165, 1.54) is 6.26 Å². The lowest BCUT2D eigenvalue weighted by Gasteiger charge is -2.08. The third-order valence-corrected chi connectivity index (χ3v) is 4.46. The monoisotopic (exact) mass is 402 g/mol. The Morgan fingerprint density at radius 3 is 2.63 bits per heavy atom. The predicted molar refractivity (Wildman–Crippen MR) is 113 cm³/mol. The lowest BCUT2D eigenvalue weighted by Crippen LogP contribution is -2.20. The lowest BCUT2D eigenvalue weighted by atomic mass is 10.1. The van der Waals surface area contributed by atoms with Crippen LogP contribution in [0.25, 0.3) is 22.1 Å². The summed E-state index contributed by atoms with van der Waals surface area (Å²) < 4.78 is 16.3. The molecule has 2 aromatic heterocycles. The first-order valence-electron chi connectivity index (χ1n) is 9.17. The number of nitrogens with one attached hydrogen (secondary N) is 1. The van der Waals surface area contributed by atoms with Crippen LogP contribution >= 0.6 is 0 Å². The number of amides is 1. The quantitative estimate of drug-likeness (QED) is 0.526. The fraction of sp³-hybridized carbons (Fsp3) is 0.0870. The van der Waals surface area contributed by atoms with E-state index in [9.17, 15) is 9.59 Å². The molecule has 0 bridgehead atoms. The van der Waals surface area contributed by atoms with Gasteiger partial charge in [0.05, 0.1) is 29.9 Å². The Labute approximate surface area is 171 Å². The Bertz CT molecular complexity index is 1230. The smallest absolute Gasteiger partial charge is 0.262 e. The van der Waals surface area contributed by atoms with Crippen molar-refractivity contribution in [3.05, 3.63) is 83.5 Å².